The molecular formula is C16H17NO3S. The summed E-state index contributed by atoms with van der Waals surface area (Å²) in [5, 5.41) is 3.33. The molecule has 1 heterocycles. The molecule has 0 aliphatic heterocycles. The number of aryl methyl sites for hydroxylation is 1. The molecule has 21 heavy (non-hydrogen) atoms. The summed E-state index contributed by atoms with van der Waals surface area (Å²) in [6, 6.07) is 9.62. The van der Waals surface area contributed by atoms with Crippen LogP contribution in [0.2, 0.25) is 0 Å². The third kappa shape index (κ3) is 3.13. The van der Waals surface area contributed by atoms with Crippen LogP contribution in [0, 0.1) is 6.92 Å². The lowest BCUT2D eigenvalue weighted by atomic mass is 10.0. The molecule has 110 valence electrons. The van der Waals surface area contributed by atoms with E-state index in [0.717, 1.165) is 16.0 Å². The molecule has 0 saturated carbocycles. The van der Waals surface area contributed by atoms with Gasteiger partial charge >= 0.3 is 5.97 Å². The molecule has 0 fully saturated rings. The first kappa shape index (κ1) is 15.3. The standard InChI is InChI=1S/C16H17NO3S/c1-4-12(18)17-15-14(16(19)20-3)13(10(2)21-15)11-8-6-5-7-9-11/h5-9H,4H2,1-3H3,(H,17,18). The fourth-order valence-corrected chi connectivity index (χ4v) is 3.18. The zero-order valence-electron chi connectivity index (χ0n) is 12.2. The minimum atomic E-state index is -0.440. The summed E-state index contributed by atoms with van der Waals surface area (Å²) in [6.45, 7) is 3.70. The molecule has 2 rings (SSSR count). The van der Waals surface area contributed by atoms with E-state index in [-0.39, 0.29) is 5.91 Å². The number of amides is 1. The number of nitrogens with one attached hydrogen (secondary N) is 1. The number of benzene rings is 1. The average molecular weight is 303 g/mol. The monoisotopic (exact) mass is 303 g/mol. The molecule has 1 aromatic carbocycles. The first-order chi connectivity index (χ1) is 10.1. The SMILES string of the molecule is CCC(=O)Nc1sc(C)c(-c2ccccc2)c1C(=O)OC. The van der Waals surface area contributed by atoms with Crippen molar-refractivity contribution in [2.45, 2.75) is 20.3 Å². The van der Waals surface area contributed by atoms with Crippen LogP contribution in [0.25, 0.3) is 11.1 Å². The Morgan fingerprint density at radius 3 is 2.48 bits per heavy atom. The lowest BCUT2D eigenvalue weighted by molar-refractivity contribution is -0.115. The van der Waals surface area contributed by atoms with E-state index < -0.39 is 5.97 Å². The molecule has 0 radical (unpaired) electrons. The zero-order chi connectivity index (χ0) is 15.4. The van der Waals surface area contributed by atoms with Crippen LogP contribution in [0.15, 0.2) is 30.3 Å². The van der Waals surface area contributed by atoms with E-state index in [1.54, 1.807) is 6.92 Å². The van der Waals surface area contributed by atoms with Gasteiger partial charge in [-0.2, -0.15) is 0 Å². The maximum absolute atomic E-state index is 12.1. The van der Waals surface area contributed by atoms with Gasteiger partial charge in [0, 0.05) is 16.9 Å². The number of methoxy groups -OCH3 is 1. The Balaban J connectivity index is 2.59. The van der Waals surface area contributed by atoms with Crippen LogP contribution < -0.4 is 5.32 Å². The number of anilines is 1. The van der Waals surface area contributed by atoms with Crippen molar-refractivity contribution in [2.24, 2.45) is 0 Å². The molecule has 1 aromatic heterocycles. The molecule has 0 bridgehead atoms. The summed E-state index contributed by atoms with van der Waals surface area (Å²) in [5.74, 6) is -0.564. The van der Waals surface area contributed by atoms with Crippen molar-refractivity contribution in [1.29, 1.82) is 0 Å². The molecule has 0 saturated heterocycles. The molecule has 0 spiro atoms. The first-order valence-corrected chi connectivity index (χ1v) is 7.47. The number of carbonyl (C=O) groups is 2. The van der Waals surface area contributed by atoms with Gasteiger partial charge in [-0.3, -0.25) is 4.79 Å². The first-order valence-electron chi connectivity index (χ1n) is 6.65. The summed E-state index contributed by atoms with van der Waals surface area (Å²) in [6.07, 6.45) is 0.359. The van der Waals surface area contributed by atoms with E-state index in [1.807, 2.05) is 37.3 Å². The molecule has 1 amide bonds. The summed E-state index contributed by atoms with van der Waals surface area (Å²) in [5.41, 5.74) is 2.18. The molecule has 2 aromatic rings. The van der Waals surface area contributed by atoms with Crippen LogP contribution in [-0.4, -0.2) is 19.0 Å². The molecule has 0 aliphatic rings. The predicted molar refractivity (Wildman–Crippen MR) is 84.8 cm³/mol. The van der Waals surface area contributed by atoms with Crippen LogP contribution >= 0.6 is 11.3 Å². The molecule has 1 N–H and O–H groups in total. The van der Waals surface area contributed by atoms with Crippen LogP contribution in [0.3, 0.4) is 0 Å². The maximum atomic E-state index is 12.1. The van der Waals surface area contributed by atoms with Gasteiger partial charge in [0.1, 0.15) is 10.6 Å². The summed E-state index contributed by atoms with van der Waals surface area (Å²) in [7, 11) is 1.34. The number of esters is 1. The van der Waals surface area contributed by atoms with Gasteiger partial charge in [0.15, 0.2) is 0 Å². The normalized spacial score (nSPS) is 10.2. The highest BCUT2D eigenvalue weighted by Gasteiger charge is 2.24. The third-order valence-corrected chi connectivity index (χ3v) is 4.13. The minimum absolute atomic E-state index is 0.124. The van der Waals surface area contributed by atoms with Crippen molar-refractivity contribution in [3.05, 3.63) is 40.8 Å². The quantitative estimate of drug-likeness (QED) is 0.873. The van der Waals surface area contributed by atoms with E-state index in [9.17, 15) is 9.59 Å². The van der Waals surface area contributed by atoms with Crippen LogP contribution in [0.5, 0.6) is 0 Å². The average Bonchev–Trinajstić information content (AvgIpc) is 2.83. The predicted octanol–water partition coefficient (Wildman–Crippen LogP) is 3.86. The third-order valence-electron chi connectivity index (χ3n) is 3.11. The number of rotatable bonds is 4. The second-order valence-electron chi connectivity index (χ2n) is 4.50. The van der Waals surface area contributed by atoms with Crippen LogP contribution in [0.4, 0.5) is 5.00 Å². The lowest BCUT2D eigenvalue weighted by Crippen LogP contribution is -2.12. The molecule has 4 nitrogen and oxygen atoms in total. The highest BCUT2D eigenvalue weighted by atomic mass is 32.1. The van der Waals surface area contributed by atoms with E-state index in [4.69, 9.17) is 4.74 Å². The van der Waals surface area contributed by atoms with E-state index in [2.05, 4.69) is 5.32 Å². The lowest BCUT2D eigenvalue weighted by Gasteiger charge is -2.07. The molecule has 0 atom stereocenters. The van der Waals surface area contributed by atoms with Gasteiger partial charge in [-0.05, 0) is 12.5 Å². The van der Waals surface area contributed by atoms with Gasteiger partial charge < -0.3 is 10.1 Å². The molecular weight excluding hydrogens is 286 g/mol. The fraction of sp³-hybridized carbons (Fsp3) is 0.250. The highest BCUT2D eigenvalue weighted by Crippen LogP contribution is 2.40. The Morgan fingerprint density at radius 2 is 1.90 bits per heavy atom. The van der Waals surface area contributed by atoms with Crippen LogP contribution in [0.1, 0.15) is 28.6 Å². The van der Waals surface area contributed by atoms with Gasteiger partial charge in [-0.25, -0.2) is 4.79 Å². The number of carbonyl (C=O) groups excluding carboxylic acids is 2. The molecule has 0 unspecified atom stereocenters. The Kier molecular flexibility index (Phi) is 4.75. The van der Waals surface area contributed by atoms with E-state index >= 15 is 0 Å². The number of ether oxygens (including phenoxy) is 1. The van der Waals surface area contributed by atoms with Crippen molar-refractivity contribution in [1.82, 2.24) is 0 Å². The Morgan fingerprint density at radius 1 is 1.24 bits per heavy atom. The van der Waals surface area contributed by atoms with Crippen LogP contribution in [-0.2, 0) is 9.53 Å². The number of hydrogen-bond acceptors (Lipinski definition) is 4. The maximum Gasteiger partial charge on any atom is 0.341 e. The number of hydrogen-bond donors (Lipinski definition) is 1. The summed E-state index contributed by atoms with van der Waals surface area (Å²) < 4.78 is 4.88. The Hall–Kier alpha value is -2.14. The van der Waals surface area contributed by atoms with Gasteiger partial charge in [-0.15, -0.1) is 11.3 Å². The van der Waals surface area contributed by atoms with E-state index in [0.29, 0.717) is 17.0 Å². The van der Waals surface area contributed by atoms with Gasteiger partial charge in [0.2, 0.25) is 5.91 Å². The smallest absolute Gasteiger partial charge is 0.341 e. The summed E-state index contributed by atoms with van der Waals surface area (Å²) >= 11 is 1.39. The van der Waals surface area contributed by atoms with Gasteiger partial charge in [0.25, 0.3) is 0 Å². The summed E-state index contributed by atoms with van der Waals surface area (Å²) in [4.78, 5) is 24.8. The molecule has 5 heteroatoms. The van der Waals surface area contributed by atoms with Crippen molar-refractivity contribution in [3.8, 4) is 11.1 Å². The Labute approximate surface area is 127 Å². The van der Waals surface area contributed by atoms with Crippen molar-refractivity contribution < 1.29 is 14.3 Å². The van der Waals surface area contributed by atoms with E-state index in [1.165, 1.54) is 18.4 Å². The fourth-order valence-electron chi connectivity index (χ4n) is 2.10. The Bertz CT molecular complexity index is 662. The largest absolute Gasteiger partial charge is 0.465 e. The highest BCUT2D eigenvalue weighted by molar-refractivity contribution is 7.17. The zero-order valence-corrected chi connectivity index (χ0v) is 13.0. The van der Waals surface area contributed by atoms with Gasteiger partial charge in [-0.1, -0.05) is 37.3 Å². The molecule has 0 aliphatic carbocycles. The number of thiophene rings is 1. The van der Waals surface area contributed by atoms with Crippen molar-refractivity contribution in [3.63, 3.8) is 0 Å². The van der Waals surface area contributed by atoms with Crippen molar-refractivity contribution in [2.75, 3.05) is 12.4 Å². The van der Waals surface area contributed by atoms with Crippen molar-refractivity contribution >= 4 is 28.2 Å². The minimum Gasteiger partial charge on any atom is -0.465 e. The second-order valence-corrected chi connectivity index (χ2v) is 5.72. The topological polar surface area (TPSA) is 55.4 Å². The van der Waals surface area contributed by atoms with Gasteiger partial charge in [0.05, 0.1) is 7.11 Å². The second kappa shape index (κ2) is 6.54.